The van der Waals surface area contributed by atoms with Crippen LogP contribution >= 0.6 is 0 Å². The maximum atomic E-state index is 6.08. The van der Waals surface area contributed by atoms with E-state index in [4.69, 9.17) is 14.2 Å². The van der Waals surface area contributed by atoms with E-state index in [0.29, 0.717) is 12.6 Å². The van der Waals surface area contributed by atoms with E-state index in [0.717, 1.165) is 43.2 Å². The highest BCUT2D eigenvalue weighted by Crippen LogP contribution is 2.42. The lowest BCUT2D eigenvalue weighted by Crippen LogP contribution is -2.39. The number of benzene rings is 3. The fourth-order valence-electron chi connectivity index (χ4n) is 4.71. The van der Waals surface area contributed by atoms with Gasteiger partial charge in [0, 0.05) is 19.1 Å². The second-order valence-electron chi connectivity index (χ2n) is 8.05. The summed E-state index contributed by atoms with van der Waals surface area (Å²) in [5, 5.41) is 0. The predicted octanol–water partition coefficient (Wildman–Crippen LogP) is 4.94. The quantitative estimate of drug-likeness (QED) is 0.606. The summed E-state index contributed by atoms with van der Waals surface area (Å²) in [6.45, 7) is 2.64. The van der Waals surface area contributed by atoms with Crippen LogP contribution in [0.15, 0.2) is 60.7 Å². The molecule has 0 spiro atoms. The molecule has 4 nitrogen and oxygen atoms in total. The Kier molecular flexibility index (Phi) is 5.09. The van der Waals surface area contributed by atoms with E-state index in [-0.39, 0.29) is 0 Å². The van der Waals surface area contributed by atoms with Crippen LogP contribution in [0.25, 0.3) is 0 Å². The molecule has 0 saturated carbocycles. The van der Waals surface area contributed by atoms with Gasteiger partial charge in [0.1, 0.15) is 12.4 Å². The van der Waals surface area contributed by atoms with Crippen molar-refractivity contribution in [2.75, 3.05) is 20.8 Å². The lowest BCUT2D eigenvalue weighted by molar-refractivity contribution is 0.160. The summed E-state index contributed by atoms with van der Waals surface area (Å²) in [5.74, 6) is 2.57. The number of hydrogen-bond acceptors (Lipinski definition) is 4. The van der Waals surface area contributed by atoms with Gasteiger partial charge >= 0.3 is 0 Å². The van der Waals surface area contributed by atoms with Gasteiger partial charge in [-0.05, 0) is 64.9 Å². The minimum Gasteiger partial charge on any atom is -0.493 e. The summed E-state index contributed by atoms with van der Waals surface area (Å²) in [7, 11) is 3.41. The van der Waals surface area contributed by atoms with E-state index >= 15 is 0 Å². The van der Waals surface area contributed by atoms with E-state index in [1.54, 1.807) is 14.2 Å². The number of methoxy groups -OCH3 is 2. The van der Waals surface area contributed by atoms with Gasteiger partial charge in [-0.1, -0.05) is 36.4 Å². The second kappa shape index (κ2) is 8.04. The molecule has 0 amide bonds. The minimum atomic E-state index is 0.366. The molecule has 0 fully saturated rings. The summed E-state index contributed by atoms with van der Waals surface area (Å²) >= 11 is 0. The number of hydrogen-bond donors (Lipinski definition) is 0. The molecule has 30 heavy (non-hydrogen) atoms. The molecule has 0 unspecified atom stereocenters. The van der Waals surface area contributed by atoms with E-state index in [2.05, 4.69) is 47.4 Å². The highest BCUT2D eigenvalue weighted by Gasteiger charge is 2.33. The van der Waals surface area contributed by atoms with Crippen molar-refractivity contribution in [2.24, 2.45) is 0 Å². The lowest BCUT2D eigenvalue weighted by atomic mass is 9.84. The molecule has 0 saturated heterocycles. The molecule has 1 atom stereocenters. The third-order valence-electron chi connectivity index (χ3n) is 6.33. The molecule has 0 aromatic heterocycles. The smallest absolute Gasteiger partial charge is 0.161 e. The Hall–Kier alpha value is -2.98. The molecule has 3 aromatic carbocycles. The van der Waals surface area contributed by atoms with Crippen molar-refractivity contribution >= 4 is 0 Å². The van der Waals surface area contributed by atoms with Crippen LogP contribution in [0.3, 0.4) is 0 Å². The van der Waals surface area contributed by atoms with Crippen LogP contribution in [0.1, 0.15) is 33.9 Å². The predicted molar refractivity (Wildman–Crippen MR) is 117 cm³/mol. The molecule has 0 aliphatic carbocycles. The largest absolute Gasteiger partial charge is 0.493 e. The van der Waals surface area contributed by atoms with Gasteiger partial charge in [-0.25, -0.2) is 0 Å². The van der Waals surface area contributed by atoms with Crippen molar-refractivity contribution in [3.05, 3.63) is 88.5 Å². The topological polar surface area (TPSA) is 30.9 Å². The molecule has 0 radical (unpaired) electrons. The van der Waals surface area contributed by atoms with Gasteiger partial charge in [0.25, 0.3) is 0 Å². The van der Waals surface area contributed by atoms with Crippen LogP contribution in [0.2, 0.25) is 0 Å². The van der Waals surface area contributed by atoms with Crippen molar-refractivity contribution in [1.29, 1.82) is 0 Å². The van der Waals surface area contributed by atoms with Crippen LogP contribution in [-0.2, 0) is 26.0 Å². The number of nitrogens with zero attached hydrogens (tertiary/aromatic N) is 1. The average Bonchev–Trinajstić information content (AvgIpc) is 2.81. The fourth-order valence-corrected chi connectivity index (χ4v) is 4.71. The number of ether oxygens (including phenoxy) is 3. The SMILES string of the molecule is COc1cc2c(cc1OC)[C@H]1Cc3cc(OCc4ccccc4)ccc3CN1CC2. The Bertz CT molecular complexity index is 1050. The van der Waals surface area contributed by atoms with Gasteiger partial charge in [0.15, 0.2) is 11.5 Å². The molecule has 154 valence electrons. The van der Waals surface area contributed by atoms with E-state index in [9.17, 15) is 0 Å². The van der Waals surface area contributed by atoms with Crippen LogP contribution in [0.4, 0.5) is 0 Å². The molecule has 0 N–H and O–H groups in total. The van der Waals surface area contributed by atoms with Crippen molar-refractivity contribution in [3.8, 4) is 17.2 Å². The summed E-state index contributed by atoms with van der Waals surface area (Å²) in [4.78, 5) is 2.58. The molecule has 2 heterocycles. The first-order chi connectivity index (χ1) is 14.7. The number of rotatable bonds is 5. The monoisotopic (exact) mass is 401 g/mol. The van der Waals surface area contributed by atoms with Crippen LogP contribution in [0, 0.1) is 0 Å². The minimum absolute atomic E-state index is 0.366. The van der Waals surface area contributed by atoms with Crippen molar-refractivity contribution in [1.82, 2.24) is 4.90 Å². The molecular weight excluding hydrogens is 374 g/mol. The zero-order valence-electron chi connectivity index (χ0n) is 17.6. The van der Waals surface area contributed by atoms with Crippen molar-refractivity contribution in [3.63, 3.8) is 0 Å². The lowest BCUT2D eigenvalue weighted by Gasteiger charge is -2.41. The van der Waals surface area contributed by atoms with Crippen LogP contribution in [0.5, 0.6) is 17.2 Å². The second-order valence-corrected chi connectivity index (χ2v) is 8.05. The van der Waals surface area contributed by atoms with Crippen LogP contribution < -0.4 is 14.2 Å². The van der Waals surface area contributed by atoms with Gasteiger partial charge in [-0.3, -0.25) is 4.90 Å². The Morgan fingerprint density at radius 3 is 2.47 bits per heavy atom. The van der Waals surface area contributed by atoms with Crippen molar-refractivity contribution < 1.29 is 14.2 Å². The van der Waals surface area contributed by atoms with Crippen LogP contribution in [-0.4, -0.2) is 25.7 Å². The highest BCUT2D eigenvalue weighted by molar-refractivity contribution is 5.51. The Morgan fingerprint density at radius 1 is 0.867 bits per heavy atom. The highest BCUT2D eigenvalue weighted by atomic mass is 16.5. The van der Waals surface area contributed by atoms with Gasteiger partial charge in [0.2, 0.25) is 0 Å². The molecule has 4 heteroatoms. The first-order valence-corrected chi connectivity index (χ1v) is 10.5. The summed E-state index contributed by atoms with van der Waals surface area (Å²) in [6.07, 6.45) is 2.03. The zero-order valence-corrected chi connectivity index (χ0v) is 17.6. The molecular formula is C26H27NO3. The Labute approximate surface area is 178 Å². The van der Waals surface area contributed by atoms with Crippen molar-refractivity contribution in [2.45, 2.75) is 32.0 Å². The molecule has 5 rings (SSSR count). The average molecular weight is 402 g/mol. The third-order valence-corrected chi connectivity index (χ3v) is 6.33. The van der Waals surface area contributed by atoms with Gasteiger partial charge in [-0.15, -0.1) is 0 Å². The Morgan fingerprint density at radius 2 is 1.67 bits per heavy atom. The first-order valence-electron chi connectivity index (χ1n) is 10.5. The standard InChI is InChI=1S/C26H27NO3/c1-28-25-14-19-10-11-27-16-20-8-9-22(30-17-18-6-4-3-5-7-18)12-21(20)13-24(27)23(19)15-26(25)29-2/h3-9,12,14-15,24H,10-11,13,16-17H2,1-2H3/t24-/m1/s1. The molecule has 3 aromatic rings. The zero-order chi connectivity index (χ0) is 20.5. The normalized spacial score (nSPS) is 17.5. The van der Waals surface area contributed by atoms with Gasteiger partial charge in [0.05, 0.1) is 14.2 Å². The number of fused-ring (bicyclic) bond motifs is 4. The molecule has 2 aliphatic rings. The maximum absolute atomic E-state index is 6.08. The molecule has 0 bridgehead atoms. The van der Waals surface area contributed by atoms with Gasteiger partial charge in [-0.2, -0.15) is 0 Å². The summed E-state index contributed by atoms with van der Waals surface area (Å²) in [6, 6.07) is 21.6. The first kappa shape index (κ1) is 19.0. The summed E-state index contributed by atoms with van der Waals surface area (Å²) in [5.41, 5.74) is 6.70. The van der Waals surface area contributed by atoms with E-state index < -0.39 is 0 Å². The Balaban J connectivity index is 1.40. The third kappa shape index (κ3) is 3.52. The summed E-state index contributed by atoms with van der Waals surface area (Å²) < 4.78 is 17.2. The van der Waals surface area contributed by atoms with E-state index in [1.807, 2.05) is 18.2 Å². The van der Waals surface area contributed by atoms with E-state index in [1.165, 1.54) is 27.8 Å². The fraction of sp³-hybridized carbons (Fsp3) is 0.308. The maximum Gasteiger partial charge on any atom is 0.161 e. The van der Waals surface area contributed by atoms with Gasteiger partial charge < -0.3 is 14.2 Å². The molecule has 2 aliphatic heterocycles.